The van der Waals surface area contributed by atoms with Crippen LogP contribution in [0.1, 0.15) is 65.5 Å². The van der Waals surface area contributed by atoms with Crippen LogP contribution in [0.5, 0.6) is 0 Å². The fraction of sp³-hybridized carbons (Fsp3) is 0.433. The molecule has 0 aliphatic heterocycles. The van der Waals surface area contributed by atoms with Crippen LogP contribution in [0.15, 0.2) is 48.1 Å². The van der Waals surface area contributed by atoms with E-state index < -0.39 is 0 Å². The maximum Gasteiger partial charge on any atom is 0.139 e. The van der Waals surface area contributed by atoms with Crippen LogP contribution in [0, 0.1) is 5.92 Å². The molecule has 1 atom stereocenters. The highest BCUT2D eigenvalue weighted by molar-refractivity contribution is 7.16. The fourth-order valence-corrected chi connectivity index (χ4v) is 6.22. The van der Waals surface area contributed by atoms with Crippen LogP contribution in [0.3, 0.4) is 0 Å². The molecule has 0 fully saturated rings. The van der Waals surface area contributed by atoms with Gasteiger partial charge in [0.15, 0.2) is 0 Å². The Morgan fingerprint density at radius 1 is 1.16 bits per heavy atom. The van der Waals surface area contributed by atoms with Gasteiger partial charge in [-0.05, 0) is 88.8 Å². The molecule has 1 aliphatic rings. The topological polar surface area (TPSA) is 73.9 Å². The first-order chi connectivity index (χ1) is 17.9. The number of Topliss-reactive ketones (excluding diaryl/α,β-unsaturated/α-hetero) is 1. The van der Waals surface area contributed by atoms with Crippen molar-refractivity contribution in [3.63, 3.8) is 0 Å². The van der Waals surface area contributed by atoms with Gasteiger partial charge in [-0.15, -0.1) is 11.3 Å². The number of anilines is 2. The lowest BCUT2D eigenvalue weighted by atomic mass is 9.85. The number of aromatic amines is 1. The van der Waals surface area contributed by atoms with Gasteiger partial charge >= 0.3 is 0 Å². The Labute approximate surface area is 223 Å². The number of hydrogen-bond acceptors (Lipinski definition) is 6. The number of benzene rings is 1. The number of hydrogen-bond donors (Lipinski definition) is 2. The second-order valence-corrected chi connectivity index (χ2v) is 11.6. The molecule has 0 saturated heterocycles. The van der Waals surface area contributed by atoms with Gasteiger partial charge in [-0.25, -0.2) is 9.97 Å². The molecule has 6 nitrogen and oxygen atoms in total. The number of carbonyl (C=O) groups is 1. The molecule has 0 radical (unpaired) electrons. The summed E-state index contributed by atoms with van der Waals surface area (Å²) in [6, 6.07) is 11.4. The number of aromatic nitrogens is 3. The number of allylic oxidation sites excluding steroid dienone is 2. The van der Waals surface area contributed by atoms with Gasteiger partial charge in [-0.1, -0.05) is 6.08 Å². The minimum Gasteiger partial charge on any atom is -0.355 e. The van der Waals surface area contributed by atoms with Crippen molar-refractivity contribution in [2.75, 3.05) is 11.9 Å². The van der Waals surface area contributed by atoms with Gasteiger partial charge in [0.05, 0.1) is 21.4 Å². The third kappa shape index (κ3) is 5.94. The first-order valence-electron chi connectivity index (χ1n) is 13.4. The molecule has 37 heavy (non-hydrogen) atoms. The van der Waals surface area contributed by atoms with Crippen LogP contribution in [0.25, 0.3) is 26.8 Å². The number of carbonyl (C=O) groups excluding carboxylic acids is 1. The number of H-pyrrole nitrogens is 1. The molecule has 3 heterocycles. The Morgan fingerprint density at radius 2 is 2.00 bits per heavy atom. The Kier molecular flexibility index (Phi) is 7.72. The smallest absolute Gasteiger partial charge is 0.139 e. The van der Waals surface area contributed by atoms with Crippen LogP contribution in [0.2, 0.25) is 0 Å². The third-order valence-corrected chi connectivity index (χ3v) is 8.29. The van der Waals surface area contributed by atoms with Crippen molar-refractivity contribution in [1.29, 1.82) is 0 Å². The lowest BCUT2D eigenvalue weighted by Crippen LogP contribution is -2.38. The van der Waals surface area contributed by atoms with Gasteiger partial charge in [0.2, 0.25) is 0 Å². The highest BCUT2D eigenvalue weighted by Gasteiger charge is 2.21. The maximum absolute atomic E-state index is 12.7. The summed E-state index contributed by atoms with van der Waals surface area (Å²) in [4.78, 5) is 27.6. The van der Waals surface area contributed by atoms with E-state index in [0.29, 0.717) is 36.6 Å². The molecule has 0 amide bonds. The second kappa shape index (κ2) is 11.2. The zero-order chi connectivity index (χ0) is 25.9. The summed E-state index contributed by atoms with van der Waals surface area (Å²) in [6.07, 6.45) is 8.52. The number of thiazole rings is 1. The number of nitrogens with zero attached hydrogens (tertiary/aromatic N) is 3. The molecule has 0 spiro atoms. The van der Waals surface area contributed by atoms with E-state index in [4.69, 9.17) is 0 Å². The Morgan fingerprint density at radius 3 is 2.76 bits per heavy atom. The van der Waals surface area contributed by atoms with Crippen LogP contribution in [-0.2, 0) is 4.79 Å². The molecule has 1 aromatic carbocycles. The number of rotatable bonds is 10. The van der Waals surface area contributed by atoms with Crippen molar-refractivity contribution < 1.29 is 4.79 Å². The van der Waals surface area contributed by atoms with Crippen molar-refractivity contribution in [1.82, 2.24) is 19.9 Å². The average Bonchev–Trinajstić information content (AvgIpc) is 3.51. The van der Waals surface area contributed by atoms with Gasteiger partial charge in [-0.2, -0.15) is 0 Å². The standard InChI is InChI=1S/C30H37N5OS/c1-19(2)35(20(3)4)14-12-24(36)15-21-5-7-22(8-6-21)28-17-25-26(11-13-31-30(25)34-28)33-23-9-10-27-29(16-23)37-18-32-27/h7,9-11,13,16-21H,5-6,8,12,14-15H2,1-4H3,(H2,31,33,34). The SMILES string of the molecule is CC(C)N(CCC(=O)CC1CC=C(c2cc3c(Nc4ccc5ncsc5c4)ccnc3[nH]2)CC1)C(C)C. The minimum atomic E-state index is 0.398. The second-order valence-electron chi connectivity index (χ2n) is 10.8. The molecule has 2 N–H and O–H groups in total. The van der Waals surface area contributed by atoms with E-state index in [0.717, 1.165) is 59.4 Å². The van der Waals surface area contributed by atoms with Gasteiger partial charge in [0.1, 0.15) is 11.4 Å². The van der Waals surface area contributed by atoms with E-state index in [2.05, 4.69) is 77.1 Å². The van der Waals surface area contributed by atoms with Crippen LogP contribution in [0.4, 0.5) is 11.4 Å². The molecule has 1 aliphatic carbocycles. The third-order valence-electron chi connectivity index (χ3n) is 7.50. The maximum atomic E-state index is 12.7. The van der Waals surface area contributed by atoms with Crippen molar-refractivity contribution >= 4 is 55.3 Å². The lowest BCUT2D eigenvalue weighted by Gasteiger charge is -2.30. The summed E-state index contributed by atoms with van der Waals surface area (Å²) < 4.78 is 1.17. The highest BCUT2D eigenvalue weighted by atomic mass is 32.1. The van der Waals surface area contributed by atoms with Gasteiger partial charge < -0.3 is 10.3 Å². The summed E-state index contributed by atoms with van der Waals surface area (Å²) in [7, 11) is 0. The summed E-state index contributed by atoms with van der Waals surface area (Å²) in [5, 5.41) is 4.65. The van der Waals surface area contributed by atoms with Crippen LogP contribution >= 0.6 is 11.3 Å². The molecule has 5 rings (SSSR count). The van der Waals surface area contributed by atoms with Gasteiger partial charge in [-0.3, -0.25) is 9.69 Å². The Bertz CT molecular complexity index is 1410. The summed E-state index contributed by atoms with van der Waals surface area (Å²) in [6.45, 7) is 9.69. The quantitative estimate of drug-likeness (QED) is 0.228. The predicted octanol–water partition coefficient (Wildman–Crippen LogP) is 7.57. The number of pyridine rings is 1. The molecule has 1 unspecified atom stereocenters. The Balaban J connectivity index is 1.23. The zero-order valence-corrected chi connectivity index (χ0v) is 23.1. The van der Waals surface area contributed by atoms with E-state index in [9.17, 15) is 4.79 Å². The highest BCUT2D eigenvalue weighted by Crippen LogP contribution is 2.35. The van der Waals surface area contributed by atoms with E-state index in [-0.39, 0.29) is 0 Å². The first-order valence-corrected chi connectivity index (χ1v) is 14.3. The predicted molar refractivity (Wildman–Crippen MR) is 156 cm³/mol. The molecule has 194 valence electrons. The Hall–Kier alpha value is -3.03. The molecular weight excluding hydrogens is 478 g/mol. The number of fused-ring (bicyclic) bond motifs is 2. The monoisotopic (exact) mass is 515 g/mol. The van der Waals surface area contributed by atoms with Crippen molar-refractivity contribution in [2.45, 2.75) is 71.9 Å². The fourth-order valence-electron chi connectivity index (χ4n) is 5.51. The normalized spacial score (nSPS) is 16.3. The average molecular weight is 516 g/mol. The number of nitrogens with one attached hydrogen (secondary N) is 2. The molecule has 0 bridgehead atoms. The number of ketones is 1. The largest absolute Gasteiger partial charge is 0.355 e. The summed E-state index contributed by atoms with van der Waals surface area (Å²) >= 11 is 1.65. The van der Waals surface area contributed by atoms with Crippen LogP contribution in [-0.4, -0.2) is 44.3 Å². The van der Waals surface area contributed by atoms with Crippen molar-refractivity contribution in [3.05, 3.63) is 53.8 Å². The zero-order valence-electron chi connectivity index (χ0n) is 22.3. The molecule has 3 aromatic heterocycles. The van der Waals surface area contributed by atoms with E-state index in [1.165, 1.54) is 10.3 Å². The van der Waals surface area contributed by atoms with Gasteiger partial charge in [0.25, 0.3) is 0 Å². The summed E-state index contributed by atoms with van der Waals surface area (Å²) in [5.74, 6) is 0.847. The van der Waals surface area contributed by atoms with Crippen molar-refractivity contribution in [3.8, 4) is 0 Å². The molecule has 4 aromatic rings. The van der Waals surface area contributed by atoms with E-state index in [1.54, 1.807) is 11.3 Å². The van der Waals surface area contributed by atoms with E-state index in [1.807, 2.05) is 23.8 Å². The molecule has 0 saturated carbocycles. The molecule has 7 heteroatoms. The van der Waals surface area contributed by atoms with E-state index >= 15 is 0 Å². The lowest BCUT2D eigenvalue weighted by molar-refractivity contribution is -0.120. The summed E-state index contributed by atoms with van der Waals surface area (Å²) in [5.41, 5.74) is 8.32. The van der Waals surface area contributed by atoms with Gasteiger partial charge in [0, 0.05) is 54.4 Å². The van der Waals surface area contributed by atoms with Crippen LogP contribution < -0.4 is 5.32 Å². The minimum absolute atomic E-state index is 0.398. The first kappa shape index (κ1) is 25.6. The molecular formula is C30H37N5OS. The van der Waals surface area contributed by atoms with Crippen molar-refractivity contribution in [2.24, 2.45) is 5.92 Å².